The maximum atomic E-state index is 9.53. The van der Waals surface area contributed by atoms with Crippen LogP contribution in [0.2, 0.25) is 0 Å². The van der Waals surface area contributed by atoms with Gasteiger partial charge in [0.25, 0.3) is 0 Å². The van der Waals surface area contributed by atoms with Gasteiger partial charge in [-0.1, -0.05) is 30.3 Å². The number of hydrogen-bond donors (Lipinski definition) is 2. The SMILES string of the molecule is C[C@](O)(CO)Cc1ccccc1. The van der Waals surface area contributed by atoms with E-state index in [2.05, 4.69) is 0 Å². The van der Waals surface area contributed by atoms with E-state index in [4.69, 9.17) is 5.11 Å². The maximum Gasteiger partial charge on any atom is 0.0889 e. The highest BCUT2D eigenvalue weighted by atomic mass is 16.3. The van der Waals surface area contributed by atoms with E-state index in [1.54, 1.807) is 6.92 Å². The van der Waals surface area contributed by atoms with Crippen LogP contribution in [0.3, 0.4) is 0 Å². The lowest BCUT2D eigenvalue weighted by Gasteiger charge is -2.19. The van der Waals surface area contributed by atoms with Gasteiger partial charge in [-0.25, -0.2) is 0 Å². The third kappa shape index (κ3) is 2.64. The highest BCUT2D eigenvalue weighted by Gasteiger charge is 2.18. The zero-order valence-electron chi connectivity index (χ0n) is 7.20. The predicted molar refractivity (Wildman–Crippen MR) is 47.9 cm³/mol. The van der Waals surface area contributed by atoms with Crippen molar-refractivity contribution in [1.82, 2.24) is 0 Å². The Morgan fingerprint density at radius 2 is 1.83 bits per heavy atom. The van der Waals surface area contributed by atoms with E-state index in [9.17, 15) is 5.11 Å². The maximum absolute atomic E-state index is 9.53. The molecule has 0 bridgehead atoms. The molecule has 0 amide bonds. The lowest BCUT2D eigenvalue weighted by Crippen LogP contribution is -2.31. The Kier molecular flexibility index (Phi) is 2.84. The molecule has 0 aliphatic carbocycles. The molecule has 0 saturated carbocycles. The monoisotopic (exact) mass is 166 g/mol. The summed E-state index contributed by atoms with van der Waals surface area (Å²) >= 11 is 0. The molecule has 0 unspecified atom stereocenters. The molecule has 2 heteroatoms. The van der Waals surface area contributed by atoms with Gasteiger partial charge in [0.15, 0.2) is 0 Å². The van der Waals surface area contributed by atoms with Gasteiger partial charge in [-0.15, -0.1) is 0 Å². The first-order valence-corrected chi connectivity index (χ1v) is 4.01. The minimum atomic E-state index is -0.999. The van der Waals surface area contributed by atoms with Crippen LogP contribution in [0, 0.1) is 0 Å². The fraction of sp³-hybridized carbons (Fsp3) is 0.400. The van der Waals surface area contributed by atoms with E-state index >= 15 is 0 Å². The molecule has 0 aromatic heterocycles. The summed E-state index contributed by atoms with van der Waals surface area (Å²) in [6.45, 7) is 1.42. The van der Waals surface area contributed by atoms with Crippen molar-refractivity contribution in [3.05, 3.63) is 35.9 Å². The molecular weight excluding hydrogens is 152 g/mol. The van der Waals surface area contributed by atoms with E-state index in [-0.39, 0.29) is 6.61 Å². The van der Waals surface area contributed by atoms with E-state index in [0.29, 0.717) is 6.42 Å². The van der Waals surface area contributed by atoms with Crippen molar-refractivity contribution in [3.8, 4) is 0 Å². The molecule has 0 radical (unpaired) electrons. The summed E-state index contributed by atoms with van der Waals surface area (Å²) in [4.78, 5) is 0. The average Bonchev–Trinajstić information content (AvgIpc) is 2.06. The highest BCUT2D eigenvalue weighted by Crippen LogP contribution is 2.11. The number of aliphatic hydroxyl groups excluding tert-OH is 1. The highest BCUT2D eigenvalue weighted by molar-refractivity contribution is 5.16. The molecule has 1 aromatic rings. The summed E-state index contributed by atoms with van der Waals surface area (Å²) in [7, 11) is 0. The fourth-order valence-corrected chi connectivity index (χ4v) is 1.09. The summed E-state index contributed by atoms with van der Waals surface area (Å²) in [5, 5.41) is 18.3. The standard InChI is InChI=1S/C10H14O2/c1-10(12,8-11)7-9-5-3-2-4-6-9/h2-6,11-12H,7-8H2,1H3/t10-/m1/s1. The van der Waals surface area contributed by atoms with Crippen LogP contribution in [-0.2, 0) is 6.42 Å². The number of aliphatic hydroxyl groups is 2. The van der Waals surface area contributed by atoms with Crippen LogP contribution in [0.25, 0.3) is 0 Å². The Bertz CT molecular complexity index is 229. The van der Waals surface area contributed by atoms with Crippen molar-refractivity contribution in [2.45, 2.75) is 18.9 Å². The van der Waals surface area contributed by atoms with Gasteiger partial charge in [-0.3, -0.25) is 0 Å². The fourth-order valence-electron chi connectivity index (χ4n) is 1.09. The summed E-state index contributed by atoms with van der Waals surface area (Å²) in [6.07, 6.45) is 0.490. The van der Waals surface area contributed by atoms with Gasteiger partial charge in [0, 0.05) is 6.42 Å². The molecule has 0 aliphatic rings. The lowest BCUT2D eigenvalue weighted by atomic mass is 9.98. The van der Waals surface area contributed by atoms with Gasteiger partial charge in [-0.2, -0.15) is 0 Å². The Morgan fingerprint density at radius 3 is 2.33 bits per heavy atom. The third-order valence-corrected chi connectivity index (χ3v) is 1.77. The van der Waals surface area contributed by atoms with E-state index in [0.717, 1.165) is 5.56 Å². The topological polar surface area (TPSA) is 40.5 Å². The zero-order chi connectivity index (χ0) is 9.03. The van der Waals surface area contributed by atoms with Gasteiger partial charge in [-0.05, 0) is 12.5 Å². The Labute approximate surface area is 72.5 Å². The minimum Gasteiger partial charge on any atom is -0.393 e. The summed E-state index contributed by atoms with van der Waals surface area (Å²) in [5.74, 6) is 0. The van der Waals surface area contributed by atoms with Crippen LogP contribution >= 0.6 is 0 Å². The zero-order valence-corrected chi connectivity index (χ0v) is 7.20. The molecule has 0 aliphatic heterocycles. The van der Waals surface area contributed by atoms with Crippen molar-refractivity contribution < 1.29 is 10.2 Å². The molecule has 2 N–H and O–H groups in total. The molecule has 0 heterocycles. The summed E-state index contributed by atoms with van der Waals surface area (Å²) < 4.78 is 0. The average molecular weight is 166 g/mol. The van der Waals surface area contributed by atoms with Gasteiger partial charge >= 0.3 is 0 Å². The molecular formula is C10H14O2. The van der Waals surface area contributed by atoms with Gasteiger partial charge < -0.3 is 10.2 Å². The molecule has 66 valence electrons. The normalized spacial score (nSPS) is 15.6. The second-order valence-electron chi connectivity index (χ2n) is 3.32. The van der Waals surface area contributed by atoms with Crippen molar-refractivity contribution in [2.24, 2.45) is 0 Å². The third-order valence-electron chi connectivity index (χ3n) is 1.77. The van der Waals surface area contributed by atoms with E-state index < -0.39 is 5.60 Å². The smallest absolute Gasteiger partial charge is 0.0889 e. The van der Waals surface area contributed by atoms with Crippen LogP contribution < -0.4 is 0 Å². The van der Waals surface area contributed by atoms with Gasteiger partial charge in [0.1, 0.15) is 0 Å². The Hall–Kier alpha value is -0.860. The van der Waals surface area contributed by atoms with E-state index in [1.165, 1.54) is 0 Å². The molecule has 1 rings (SSSR count). The van der Waals surface area contributed by atoms with Crippen LogP contribution in [0.4, 0.5) is 0 Å². The van der Waals surface area contributed by atoms with Crippen LogP contribution in [0.15, 0.2) is 30.3 Å². The second kappa shape index (κ2) is 3.70. The second-order valence-corrected chi connectivity index (χ2v) is 3.32. The molecule has 1 atom stereocenters. The van der Waals surface area contributed by atoms with Crippen LogP contribution in [0.1, 0.15) is 12.5 Å². The molecule has 0 saturated heterocycles. The molecule has 0 spiro atoms. The van der Waals surface area contributed by atoms with Crippen molar-refractivity contribution in [3.63, 3.8) is 0 Å². The summed E-state index contributed by atoms with van der Waals surface area (Å²) in [5.41, 5.74) is 0.0398. The first kappa shape index (κ1) is 9.23. The van der Waals surface area contributed by atoms with Gasteiger partial charge in [0.2, 0.25) is 0 Å². The molecule has 1 aromatic carbocycles. The number of hydrogen-bond acceptors (Lipinski definition) is 2. The molecule has 12 heavy (non-hydrogen) atoms. The van der Waals surface area contributed by atoms with Crippen LogP contribution in [0.5, 0.6) is 0 Å². The van der Waals surface area contributed by atoms with Crippen molar-refractivity contribution in [2.75, 3.05) is 6.61 Å². The van der Waals surface area contributed by atoms with Crippen molar-refractivity contribution >= 4 is 0 Å². The Balaban J connectivity index is 2.64. The summed E-state index contributed by atoms with van der Waals surface area (Å²) in [6, 6.07) is 9.64. The van der Waals surface area contributed by atoms with Crippen LogP contribution in [-0.4, -0.2) is 22.4 Å². The van der Waals surface area contributed by atoms with E-state index in [1.807, 2.05) is 30.3 Å². The predicted octanol–water partition coefficient (Wildman–Crippen LogP) is 0.972. The molecule has 2 nitrogen and oxygen atoms in total. The molecule has 0 fully saturated rings. The first-order chi connectivity index (χ1) is 5.64. The Morgan fingerprint density at radius 1 is 1.25 bits per heavy atom. The van der Waals surface area contributed by atoms with Crippen molar-refractivity contribution in [1.29, 1.82) is 0 Å². The lowest BCUT2D eigenvalue weighted by molar-refractivity contribution is 0.00232. The first-order valence-electron chi connectivity index (χ1n) is 4.01. The van der Waals surface area contributed by atoms with Gasteiger partial charge in [0.05, 0.1) is 12.2 Å². The quantitative estimate of drug-likeness (QED) is 0.702. The number of benzene rings is 1. The number of rotatable bonds is 3. The largest absolute Gasteiger partial charge is 0.393 e. The minimum absolute atomic E-state index is 0.206.